The number of nitrogens with zero attached hydrogens (tertiary/aromatic N) is 1. The molecular weight excluding hydrogens is 268 g/mol. The highest BCUT2D eigenvalue weighted by Crippen LogP contribution is 2.33. The van der Waals surface area contributed by atoms with Gasteiger partial charge in [0.2, 0.25) is 0 Å². The van der Waals surface area contributed by atoms with Crippen molar-refractivity contribution >= 4 is 23.3 Å². The molecule has 1 aliphatic heterocycles. The highest BCUT2D eigenvalue weighted by atomic mass is 35.5. The summed E-state index contributed by atoms with van der Waals surface area (Å²) in [6.07, 6.45) is 0. The van der Waals surface area contributed by atoms with E-state index in [0.29, 0.717) is 16.3 Å². The standard InChI is InChI=1S/C13H13ClN2O3/c1-13(12(17)18)7-19-6-11(13)16-10-4-2-3-9(14)8(10)5-15/h2-4,11,16H,6-7H2,1H3,(H,17,18). The second-order valence-corrected chi connectivity index (χ2v) is 5.12. The normalized spacial score (nSPS) is 25.8. The number of ether oxygens (including phenoxy) is 1. The quantitative estimate of drug-likeness (QED) is 0.886. The topological polar surface area (TPSA) is 82.3 Å². The molecule has 0 aromatic heterocycles. The Morgan fingerprint density at radius 2 is 2.42 bits per heavy atom. The molecule has 0 bridgehead atoms. The Balaban J connectivity index is 2.30. The Morgan fingerprint density at radius 1 is 1.68 bits per heavy atom. The first-order chi connectivity index (χ1) is 8.99. The first kappa shape index (κ1) is 13.7. The lowest BCUT2D eigenvalue weighted by atomic mass is 9.85. The summed E-state index contributed by atoms with van der Waals surface area (Å²) in [4.78, 5) is 11.3. The third-order valence-corrected chi connectivity index (χ3v) is 3.71. The molecule has 1 aromatic carbocycles. The molecule has 0 spiro atoms. The van der Waals surface area contributed by atoms with Gasteiger partial charge in [0.05, 0.1) is 35.5 Å². The van der Waals surface area contributed by atoms with Gasteiger partial charge < -0.3 is 15.2 Å². The molecule has 5 nitrogen and oxygen atoms in total. The van der Waals surface area contributed by atoms with Gasteiger partial charge in [0.15, 0.2) is 0 Å². The number of halogens is 1. The summed E-state index contributed by atoms with van der Waals surface area (Å²) < 4.78 is 5.25. The average molecular weight is 281 g/mol. The van der Waals surface area contributed by atoms with E-state index in [-0.39, 0.29) is 13.2 Å². The predicted molar refractivity (Wildman–Crippen MR) is 70.1 cm³/mol. The minimum atomic E-state index is -1.02. The molecule has 1 aliphatic rings. The number of carboxylic acid groups (broad SMARTS) is 1. The summed E-state index contributed by atoms with van der Waals surface area (Å²) in [7, 11) is 0. The predicted octanol–water partition coefficient (Wildman–Crippen LogP) is 2.11. The zero-order valence-electron chi connectivity index (χ0n) is 10.3. The third-order valence-electron chi connectivity index (χ3n) is 3.40. The van der Waals surface area contributed by atoms with Crippen LogP contribution in [0.3, 0.4) is 0 Å². The van der Waals surface area contributed by atoms with Crippen molar-refractivity contribution in [1.29, 1.82) is 5.26 Å². The smallest absolute Gasteiger partial charge is 0.313 e. The largest absolute Gasteiger partial charge is 0.481 e. The number of nitrogens with one attached hydrogen (secondary N) is 1. The van der Waals surface area contributed by atoms with Gasteiger partial charge in [-0.05, 0) is 19.1 Å². The van der Waals surface area contributed by atoms with E-state index in [2.05, 4.69) is 5.32 Å². The Labute approximate surface area is 115 Å². The average Bonchev–Trinajstić information content (AvgIpc) is 2.73. The van der Waals surface area contributed by atoms with Gasteiger partial charge in [-0.3, -0.25) is 4.79 Å². The fourth-order valence-corrected chi connectivity index (χ4v) is 2.25. The fourth-order valence-electron chi connectivity index (χ4n) is 2.03. The van der Waals surface area contributed by atoms with Crippen LogP contribution in [0.5, 0.6) is 0 Å². The molecule has 0 saturated carbocycles. The van der Waals surface area contributed by atoms with E-state index in [0.717, 1.165) is 0 Å². The Hall–Kier alpha value is -1.77. The first-order valence-corrected chi connectivity index (χ1v) is 6.13. The van der Waals surface area contributed by atoms with E-state index < -0.39 is 17.4 Å². The number of rotatable bonds is 3. The first-order valence-electron chi connectivity index (χ1n) is 5.75. The molecule has 1 heterocycles. The van der Waals surface area contributed by atoms with Crippen LogP contribution in [0, 0.1) is 16.7 Å². The summed E-state index contributed by atoms with van der Waals surface area (Å²) in [5, 5.41) is 21.8. The number of anilines is 1. The molecule has 100 valence electrons. The molecule has 6 heteroatoms. The van der Waals surface area contributed by atoms with Gasteiger partial charge in [-0.25, -0.2) is 0 Å². The zero-order chi connectivity index (χ0) is 14.0. The van der Waals surface area contributed by atoms with Gasteiger partial charge in [0, 0.05) is 0 Å². The summed E-state index contributed by atoms with van der Waals surface area (Å²) in [6.45, 7) is 2.04. The van der Waals surface area contributed by atoms with Crippen molar-refractivity contribution in [1.82, 2.24) is 0 Å². The van der Waals surface area contributed by atoms with Gasteiger partial charge in [-0.1, -0.05) is 17.7 Å². The molecule has 1 aromatic rings. The van der Waals surface area contributed by atoms with Crippen LogP contribution in [0.25, 0.3) is 0 Å². The summed E-state index contributed by atoms with van der Waals surface area (Å²) in [6, 6.07) is 6.63. The van der Waals surface area contributed by atoms with E-state index >= 15 is 0 Å². The number of nitriles is 1. The van der Waals surface area contributed by atoms with E-state index in [1.165, 1.54) is 0 Å². The molecule has 2 unspecified atom stereocenters. The van der Waals surface area contributed by atoms with Crippen LogP contribution in [0.1, 0.15) is 12.5 Å². The molecular formula is C13H13ClN2O3. The number of benzene rings is 1. The molecule has 2 N–H and O–H groups in total. The maximum atomic E-state index is 11.3. The number of hydrogen-bond acceptors (Lipinski definition) is 4. The van der Waals surface area contributed by atoms with E-state index in [4.69, 9.17) is 21.6 Å². The Bertz CT molecular complexity index is 555. The Kier molecular flexibility index (Phi) is 3.65. The van der Waals surface area contributed by atoms with Crippen molar-refractivity contribution in [2.45, 2.75) is 13.0 Å². The zero-order valence-corrected chi connectivity index (χ0v) is 11.1. The number of aliphatic carboxylic acids is 1. The highest BCUT2D eigenvalue weighted by Gasteiger charge is 2.46. The molecule has 0 radical (unpaired) electrons. The fraction of sp³-hybridized carbons (Fsp3) is 0.385. The van der Waals surface area contributed by atoms with E-state index in [1.54, 1.807) is 25.1 Å². The van der Waals surface area contributed by atoms with Gasteiger partial charge in [-0.2, -0.15) is 5.26 Å². The molecule has 0 amide bonds. The molecule has 2 rings (SSSR count). The molecule has 1 saturated heterocycles. The van der Waals surface area contributed by atoms with E-state index in [1.807, 2.05) is 6.07 Å². The summed E-state index contributed by atoms with van der Waals surface area (Å²) >= 11 is 5.94. The molecule has 2 atom stereocenters. The van der Waals surface area contributed by atoms with Crippen LogP contribution in [0.15, 0.2) is 18.2 Å². The lowest BCUT2D eigenvalue weighted by Crippen LogP contribution is -2.43. The monoisotopic (exact) mass is 280 g/mol. The lowest BCUT2D eigenvalue weighted by Gasteiger charge is -2.26. The van der Waals surface area contributed by atoms with Crippen molar-refractivity contribution < 1.29 is 14.6 Å². The SMILES string of the molecule is CC1(C(=O)O)COCC1Nc1cccc(Cl)c1C#N. The number of carbonyl (C=O) groups is 1. The molecule has 0 aliphatic carbocycles. The minimum Gasteiger partial charge on any atom is -0.481 e. The van der Waals surface area contributed by atoms with Crippen molar-refractivity contribution in [2.24, 2.45) is 5.41 Å². The van der Waals surface area contributed by atoms with Gasteiger partial charge >= 0.3 is 5.97 Å². The minimum absolute atomic E-state index is 0.141. The lowest BCUT2D eigenvalue weighted by molar-refractivity contribution is -0.148. The van der Waals surface area contributed by atoms with Crippen molar-refractivity contribution in [3.63, 3.8) is 0 Å². The number of carboxylic acids is 1. The van der Waals surface area contributed by atoms with Crippen LogP contribution in [0.2, 0.25) is 5.02 Å². The summed E-state index contributed by atoms with van der Waals surface area (Å²) in [5.41, 5.74) is -0.184. The van der Waals surface area contributed by atoms with Crippen LogP contribution in [-0.2, 0) is 9.53 Å². The Morgan fingerprint density at radius 3 is 3.05 bits per heavy atom. The molecule has 1 fully saturated rings. The van der Waals surface area contributed by atoms with Crippen LogP contribution in [-0.4, -0.2) is 30.3 Å². The van der Waals surface area contributed by atoms with Crippen LogP contribution in [0.4, 0.5) is 5.69 Å². The summed E-state index contributed by atoms with van der Waals surface area (Å²) in [5.74, 6) is -0.928. The van der Waals surface area contributed by atoms with Gasteiger partial charge in [-0.15, -0.1) is 0 Å². The van der Waals surface area contributed by atoms with Gasteiger partial charge in [0.25, 0.3) is 0 Å². The van der Waals surface area contributed by atoms with Crippen LogP contribution >= 0.6 is 11.6 Å². The highest BCUT2D eigenvalue weighted by molar-refractivity contribution is 6.32. The second kappa shape index (κ2) is 5.08. The van der Waals surface area contributed by atoms with Crippen molar-refractivity contribution in [2.75, 3.05) is 18.5 Å². The second-order valence-electron chi connectivity index (χ2n) is 4.71. The van der Waals surface area contributed by atoms with Crippen molar-refractivity contribution in [3.8, 4) is 6.07 Å². The number of hydrogen-bond donors (Lipinski definition) is 2. The van der Waals surface area contributed by atoms with Gasteiger partial charge in [0.1, 0.15) is 11.5 Å². The third kappa shape index (κ3) is 2.37. The van der Waals surface area contributed by atoms with Crippen molar-refractivity contribution in [3.05, 3.63) is 28.8 Å². The van der Waals surface area contributed by atoms with E-state index in [9.17, 15) is 9.90 Å². The maximum Gasteiger partial charge on any atom is 0.313 e. The molecule has 19 heavy (non-hydrogen) atoms. The maximum absolute atomic E-state index is 11.3. The van der Waals surface area contributed by atoms with Crippen LogP contribution < -0.4 is 5.32 Å².